The van der Waals surface area contributed by atoms with E-state index in [0.717, 1.165) is 0 Å². The zero-order valence-corrected chi connectivity index (χ0v) is 12.0. The Kier molecular flexibility index (Phi) is 3.40. The van der Waals surface area contributed by atoms with Crippen LogP contribution in [-0.2, 0) is 11.2 Å². The first-order valence-electron chi connectivity index (χ1n) is 6.75. The van der Waals surface area contributed by atoms with E-state index in [9.17, 15) is 9.59 Å². The molecule has 0 N–H and O–H groups in total. The van der Waals surface area contributed by atoms with Crippen LogP contribution in [0.15, 0.2) is 42.5 Å². The number of amides is 2. The second-order valence-electron chi connectivity index (χ2n) is 4.93. The Morgan fingerprint density at radius 1 is 1.18 bits per heavy atom. The van der Waals surface area contributed by atoms with E-state index < -0.39 is 0 Å². The molecule has 2 amide bonds. The highest BCUT2D eigenvalue weighted by Gasteiger charge is 2.32. The van der Waals surface area contributed by atoms with Gasteiger partial charge < -0.3 is 4.74 Å². The lowest BCUT2D eigenvalue weighted by Crippen LogP contribution is -2.42. The molecule has 0 fully saturated rings. The van der Waals surface area contributed by atoms with Gasteiger partial charge >= 0.3 is 0 Å². The number of anilines is 1. The molecule has 0 atom stereocenters. The van der Waals surface area contributed by atoms with Gasteiger partial charge in [-0.05, 0) is 42.0 Å². The van der Waals surface area contributed by atoms with Gasteiger partial charge in [0.15, 0.2) is 0 Å². The minimum absolute atomic E-state index is 0.151. The summed E-state index contributed by atoms with van der Waals surface area (Å²) >= 11 is 0. The van der Waals surface area contributed by atoms with Gasteiger partial charge in [-0.1, -0.05) is 12.0 Å². The Hall–Kier alpha value is -3.06. The molecule has 1 aliphatic rings. The highest BCUT2D eigenvalue weighted by molar-refractivity contribution is 6.24. The number of nitrogens with zero attached hydrogens (tertiary/aromatic N) is 1. The number of rotatable bonds is 2. The first-order chi connectivity index (χ1) is 10.6. The third-order valence-electron chi connectivity index (χ3n) is 3.61. The molecule has 1 aliphatic heterocycles. The number of hydrogen-bond donors (Lipinski definition) is 0. The number of carbonyl (C=O) groups is 2. The lowest BCUT2D eigenvalue weighted by molar-refractivity contribution is -0.117. The summed E-state index contributed by atoms with van der Waals surface area (Å²) < 4.78 is 5.13. The number of fused-ring (bicyclic) bond motifs is 1. The fraction of sp³-hybridized carbons (Fsp3) is 0.111. The van der Waals surface area contributed by atoms with Gasteiger partial charge in [-0.15, -0.1) is 6.42 Å². The topological polar surface area (TPSA) is 46.6 Å². The molecule has 108 valence electrons. The van der Waals surface area contributed by atoms with E-state index in [1.165, 1.54) is 4.90 Å². The molecule has 0 bridgehead atoms. The van der Waals surface area contributed by atoms with Crippen molar-refractivity contribution in [3.05, 3.63) is 59.2 Å². The highest BCUT2D eigenvalue weighted by atomic mass is 16.5. The largest absolute Gasteiger partial charge is 0.497 e. The molecule has 0 spiro atoms. The molecule has 0 unspecified atom stereocenters. The van der Waals surface area contributed by atoms with Crippen LogP contribution in [0.2, 0.25) is 0 Å². The number of benzene rings is 2. The van der Waals surface area contributed by atoms with Gasteiger partial charge in [0, 0.05) is 11.1 Å². The lowest BCUT2D eigenvalue weighted by atomic mass is 9.97. The second-order valence-corrected chi connectivity index (χ2v) is 4.93. The molecule has 22 heavy (non-hydrogen) atoms. The van der Waals surface area contributed by atoms with E-state index in [0.29, 0.717) is 28.1 Å². The standard InChI is InChI=1S/C18H13NO3/c1-3-12-5-4-6-14(9-12)19-17(20)11-13-10-15(22-2)7-8-16(13)18(19)21/h1,4-10H,11H2,2H3. The van der Waals surface area contributed by atoms with Crippen LogP contribution in [0, 0.1) is 12.3 Å². The van der Waals surface area contributed by atoms with E-state index in [2.05, 4.69) is 5.92 Å². The highest BCUT2D eigenvalue weighted by Crippen LogP contribution is 2.28. The van der Waals surface area contributed by atoms with E-state index in [1.807, 2.05) is 0 Å². The fourth-order valence-electron chi connectivity index (χ4n) is 2.52. The molecule has 0 radical (unpaired) electrons. The van der Waals surface area contributed by atoms with Crippen LogP contribution in [0.25, 0.3) is 0 Å². The van der Waals surface area contributed by atoms with Crippen molar-refractivity contribution in [3.8, 4) is 18.1 Å². The number of terminal acetylenes is 1. The molecular weight excluding hydrogens is 278 g/mol. The van der Waals surface area contributed by atoms with Crippen molar-refractivity contribution in [2.45, 2.75) is 6.42 Å². The van der Waals surface area contributed by atoms with Gasteiger partial charge in [-0.25, -0.2) is 4.90 Å². The van der Waals surface area contributed by atoms with Crippen LogP contribution in [0.3, 0.4) is 0 Å². The van der Waals surface area contributed by atoms with Crippen LogP contribution in [-0.4, -0.2) is 18.9 Å². The molecule has 0 aromatic heterocycles. The number of ether oxygens (including phenoxy) is 1. The monoisotopic (exact) mass is 291 g/mol. The smallest absolute Gasteiger partial charge is 0.265 e. The maximum Gasteiger partial charge on any atom is 0.265 e. The SMILES string of the molecule is C#Cc1cccc(N2C(=O)Cc3cc(OC)ccc3C2=O)c1. The molecule has 4 nitrogen and oxygen atoms in total. The third kappa shape index (κ3) is 2.23. The average molecular weight is 291 g/mol. The first-order valence-corrected chi connectivity index (χ1v) is 6.75. The summed E-state index contributed by atoms with van der Waals surface area (Å²) in [4.78, 5) is 26.2. The van der Waals surface area contributed by atoms with Crippen LogP contribution in [0.1, 0.15) is 21.5 Å². The summed E-state index contributed by atoms with van der Waals surface area (Å²) in [6, 6.07) is 12.0. The van der Waals surface area contributed by atoms with Crippen molar-refractivity contribution in [3.63, 3.8) is 0 Å². The quantitative estimate of drug-likeness (QED) is 0.630. The van der Waals surface area contributed by atoms with Crippen molar-refractivity contribution in [2.75, 3.05) is 12.0 Å². The van der Waals surface area contributed by atoms with Crippen LogP contribution in [0.5, 0.6) is 5.75 Å². The molecule has 0 aliphatic carbocycles. The fourth-order valence-corrected chi connectivity index (χ4v) is 2.52. The summed E-state index contributed by atoms with van der Waals surface area (Å²) in [7, 11) is 1.55. The number of imide groups is 1. The maximum absolute atomic E-state index is 12.6. The van der Waals surface area contributed by atoms with Crippen LogP contribution < -0.4 is 9.64 Å². The minimum atomic E-state index is -0.344. The first kappa shape index (κ1) is 13.9. The normalized spacial score (nSPS) is 13.5. The predicted octanol–water partition coefficient (Wildman–Crippen LogP) is 2.41. The van der Waals surface area contributed by atoms with Crippen molar-refractivity contribution in [2.24, 2.45) is 0 Å². The number of carbonyl (C=O) groups excluding carboxylic acids is 2. The van der Waals surface area contributed by atoms with Gasteiger partial charge in [0.2, 0.25) is 5.91 Å². The zero-order chi connectivity index (χ0) is 15.7. The van der Waals surface area contributed by atoms with E-state index in [-0.39, 0.29) is 18.2 Å². The Morgan fingerprint density at radius 3 is 2.73 bits per heavy atom. The third-order valence-corrected chi connectivity index (χ3v) is 3.61. The molecule has 2 aromatic rings. The van der Waals surface area contributed by atoms with Gasteiger partial charge in [0.05, 0.1) is 19.2 Å². The molecular formula is C18H13NO3. The van der Waals surface area contributed by atoms with E-state index in [1.54, 1.807) is 49.6 Å². The van der Waals surface area contributed by atoms with Gasteiger partial charge in [-0.3, -0.25) is 9.59 Å². The Labute approximate surface area is 128 Å². The van der Waals surface area contributed by atoms with Crippen LogP contribution in [0.4, 0.5) is 5.69 Å². The van der Waals surface area contributed by atoms with Crippen molar-refractivity contribution in [1.82, 2.24) is 0 Å². The summed E-state index contributed by atoms with van der Waals surface area (Å²) in [5.41, 5.74) is 2.30. The van der Waals surface area contributed by atoms with E-state index in [4.69, 9.17) is 11.2 Å². The number of methoxy groups -OCH3 is 1. The summed E-state index contributed by atoms with van der Waals surface area (Å²) in [6.07, 6.45) is 5.53. The number of hydrogen-bond acceptors (Lipinski definition) is 3. The molecule has 0 saturated carbocycles. The molecule has 1 heterocycles. The van der Waals surface area contributed by atoms with Gasteiger partial charge in [0.1, 0.15) is 5.75 Å². The summed E-state index contributed by atoms with van der Waals surface area (Å²) in [5.74, 6) is 2.51. The molecule has 0 saturated heterocycles. The molecule has 4 heteroatoms. The predicted molar refractivity (Wildman–Crippen MR) is 82.9 cm³/mol. The zero-order valence-electron chi connectivity index (χ0n) is 12.0. The summed E-state index contributed by atoms with van der Waals surface area (Å²) in [6.45, 7) is 0. The second kappa shape index (κ2) is 5.38. The lowest BCUT2D eigenvalue weighted by Gasteiger charge is -2.27. The molecule has 3 rings (SSSR count). The van der Waals surface area contributed by atoms with Gasteiger partial charge in [-0.2, -0.15) is 0 Å². The summed E-state index contributed by atoms with van der Waals surface area (Å²) in [5, 5.41) is 0. The maximum atomic E-state index is 12.6. The van der Waals surface area contributed by atoms with Crippen molar-refractivity contribution in [1.29, 1.82) is 0 Å². The van der Waals surface area contributed by atoms with Crippen molar-refractivity contribution < 1.29 is 14.3 Å². The van der Waals surface area contributed by atoms with Crippen LogP contribution >= 0.6 is 0 Å². The Morgan fingerprint density at radius 2 is 2.00 bits per heavy atom. The molecule has 2 aromatic carbocycles. The average Bonchev–Trinajstić information content (AvgIpc) is 2.54. The Bertz CT molecular complexity index is 817. The van der Waals surface area contributed by atoms with E-state index >= 15 is 0 Å². The van der Waals surface area contributed by atoms with Gasteiger partial charge in [0.25, 0.3) is 5.91 Å². The minimum Gasteiger partial charge on any atom is -0.497 e. The van der Waals surface area contributed by atoms with Crippen molar-refractivity contribution >= 4 is 17.5 Å². The Balaban J connectivity index is 2.06.